The molecule has 2 rings (SSSR count). The van der Waals surface area contributed by atoms with Crippen LogP contribution in [-0.2, 0) is 0 Å². The lowest BCUT2D eigenvalue weighted by Gasteiger charge is -2.11. The fraction of sp³-hybridized carbons (Fsp3) is 0.250. The topological polar surface area (TPSA) is 72.2 Å². The molecule has 0 aromatic heterocycles. The number of halogens is 1. The maximum Gasteiger partial charge on any atom is 0.288 e. The smallest absolute Gasteiger partial charge is 0.288 e. The van der Waals surface area contributed by atoms with E-state index in [0.29, 0.717) is 0 Å². The van der Waals surface area contributed by atoms with Crippen LogP contribution in [0, 0.1) is 10.1 Å². The van der Waals surface area contributed by atoms with Crippen molar-refractivity contribution in [2.24, 2.45) is 0 Å². The van der Waals surface area contributed by atoms with Gasteiger partial charge in [0.2, 0.25) is 0 Å². The minimum Gasteiger partial charge on any atom is -0.349 e. The van der Waals surface area contributed by atoms with Gasteiger partial charge in [-0.1, -0.05) is 23.8 Å². The minimum absolute atomic E-state index is 0.0269. The average molecular weight is 267 g/mol. The molecule has 1 aromatic carbocycles. The number of nitrogens with zero attached hydrogens (tertiary/aromatic N) is 1. The molecule has 1 N–H and O–H groups in total. The third-order valence-corrected chi connectivity index (χ3v) is 3.07. The Morgan fingerprint density at radius 2 is 2.06 bits per heavy atom. The molecule has 0 saturated heterocycles. The number of nitro groups is 1. The van der Waals surface area contributed by atoms with Gasteiger partial charge in [0.05, 0.1) is 4.92 Å². The van der Waals surface area contributed by atoms with Crippen molar-refractivity contribution in [3.63, 3.8) is 0 Å². The monoisotopic (exact) mass is 266 g/mol. The van der Waals surface area contributed by atoms with E-state index in [0.717, 1.165) is 12.8 Å². The first kappa shape index (κ1) is 12.6. The Morgan fingerprint density at radius 1 is 1.39 bits per heavy atom. The summed E-state index contributed by atoms with van der Waals surface area (Å²) >= 11 is 5.68. The summed E-state index contributed by atoms with van der Waals surface area (Å²) in [5, 5.41) is 13.6. The number of carbonyl (C=O) groups excluding carboxylic acids is 1. The first-order valence-electron chi connectivity index (χ1n) is 5.47. The highest BCUT2D eigenvalue weighted by Gasteiger charge is 2.18. The molecule has 0 spiro atoms. The Hall–Kier alpha value is -1.88. The first-order chi connectivity index (χ1) is 8.58. The van der Waals surface area contributed by atoms with Gasteiger partial charge in [0.1, 0.15) is 5.02 Å². The van der Waals surface area contributed by atoms with Crippen molar-refractivity contribution in [1.29, 1.82) is 0 Å². The van der Waals surface area contributed by atoms with E-state index in [1.807, 2.05) is 12.2 Å². The number of hydrogen-bond donors (Lipinski definition) is 1. The molecule has 1 aromatic rings. The van der Waals surface area contributed by atoms with E-state index in [4.69, 9.17) is 11.6 Å². The summed E-state index contributed by atoms with van der Waals surface area (Å²) in [5.74, 6) is -0.316. The van der Waals surface area contributed by atoms with Crippen LogP contribution in [0.2, 0.25) is 5.02 Å². The van der Waals surface area contributed by atoms with Crippen molar-refractivity contribution in [2.45, 2.75) is 18.9 Å². The highest BCUT2D eigenvalue weighted by molar-refractivity contribution is 6.32. The normalized spacial score (nSPS) is 14.7. The van der Waals surface area contributed by atoms with Gasteiger partial charge in [-0.05, 0) is 25.0 Å². The molecule has 0 radical (unpaired) electrons. The van der Waals surface area contributed by atoms with Crippen molar-refractivity contribution >= 4 is 23.2 Å². The summed E-state index contributed by atoms with van der Waals surface area (Å²) in [4.78, 5) is 22.0. The SMILES string of the molecule is O=C(NC1CC=CC1)c1ccc(Cl)c([N+](=O)[O-])c1. The van der Waals surface area contributed by atoms with Crippen molar-refractivity contribution < 1.29 is 9.72 Å². The van der Waals surface area contributed by atoms with Crippen molar-refractivity contribution in [2.75, 3.05) is 0 Å². The Balaban J connectivity index is 2.15. The van der Waals surface area contributed by atoms with Crippen LogP contribution in [0.3, 0.4) is 0 Å². The van der Waals surface area contributed by atoms with Crippen LogP contribution in [0.15, 0.2) is 30.4 Å². The van der Waals surface area contributed by atoms with Gasteiger partial charge in [-0.25, -0.2) is 0 Å². The molecule has 0 saturated carbocycles. The van der Waals surface area contributed by atoms with E-state index >= 15 is 0 Å². The molecular weight excluding hydrogens is 256 g/mol. The molecule has 1 amide bonds. The highest BCUT2D eigenvalue weighted by atomic mass is 35.5. The lowest BCUT2D eigenvalue weighted by molar-refractivity contribution is -0.384. The minimum atomic E-state index is -0.601. The van der Waals surface area contributed by atoms with Gasteiger partial charge in [-0.2, -0.15) is 0 Å². The summed E-state index contributed by atoms with van der Waals surface area (Å²) in [5.41, 5.74) is -0.00753. The Kier molecular flexibility index (Phi) is 3.62. The van der Waals surface area contributed by atoms with Crippen LogP contribution in [0.1, 0.15) is 23.2 Å². The van der Waals surface area contributed by atoms with Gasteiger partial charge >= 0.3 is 0 Å². The van der Waals surface area contributed by atoms with Gasteiger partial charge in [0, 0.05) is 17.7 Å². The van der Waals surface area contributed by atoms with Crippen LogP contribution in [0.4, 0.5) is 5.69 Å². The number of carbonyl (C=O) groups is 1. The summed E-state index contributed by atoms with van der Waals surface area (Å²) < 4.78 is 0. The second-order valence-corrected chi connectivity index (χ2v) is 4.44. The van der Waals surface area contributed by atoms with Crippen molar-refractivity contribution in [3.05, 3.63) is 51.1 Å². The zero-order valence-electron chi connectivity index (χ0n) is 9.43. The maximum atomic E-state index is 11.9. The van der Waals surface area contributed by atoms with E-state index in [1.165, 1.54) is 18.2 Å². The predicted molar refractivity (Wildman–Crippen MR) is 67.7 cm³/mol. The lowest BCUT2D eigenvalue weighted by atomic mass is 10.1. The van der Waals surface area contributed by atoms with E-state index < -0.39 is 4.92 Å². The van der Waals surface area contributed by atoms with Crippen molar-refractivity contribution in [1.82, 2.24) is 5.32 Å². The molecule has 0 atom stereocenters. The molecule has 1 aliphatic rings. The fourth-order valence-electron chi connectivity index (χ4n) is 1.80. The van der Waals surface area contributed by atoms with Gasteiger partial charge in [0.25, 0.3) is 11.6 Å². The number of rotatable bonds is 3. The molecule has 94 valence electrons. The summed E-state index contributed by atoms with van der Waals surface area (Å²) in [7, 11) is 0. The zero-order valence-corrected chi connectivity index (χ0v) is 10.2. The third kappa shape index (κ3) is 2.68. The largest absolute Gasteiger partial charge is 0.349 e. The second-order valence-electron chi connectivity index (χ2n) is 4.04. The standard InChI is InChI=1S/C12H11ClN2O3/c13-10-6-5-8(7-11(10)15(17)18)12(16)14-9-3-1-2-4-9/h1-2,5-7,9H,3-4H2,(H,14,16). The number of nitrogens with one attached hydrogen (secondary N) is 1. The first-order valence-corrected chi connectivity index (χ1v) is 5.85. The van der Waals surface area contributed by atoms with Crippen LogP contribution in [0.25, 0.3) is 0 Å². The van der Waals surface area contributed by atoms with E-state index in [-0.39, 0.29) is 28.2 Å². The maximum absolute atomic E-state index is 11.9. The summed E-state index contributed by atoms with van der Waals surface area (Å²) in [6.07, 6.45) is 5.58. The van der Waals surface area contributed by atoms with Crippen LogP contribution >= 0.6 is 11.6 Å². The van der Waals surface area contributed by atoms with Gasteiger partial charge < -0.3 is 5.32 Å². The van der Waals surface area contributed by atoms with Crippen LogP contribution in [0.5, 0.6) is 0 Å². The molecule has 18 heavy (non-hydrogen) atoms. The second kappa shape index (κ2) is 5.18. The summed E-state index contributed by atoms with van der Waals surface area (Å²) in [6.45, 7) is 0. The molecule has 0 heterocycles. The molecule has 0 unspecified atom stereocenters. The quantitative estimate of drug-likeness (QED) is 0.519. The number of benzene rings is 1. The Morgan fingerprint density at radius 3 is 2.67 bits per heavy atom. The van der Waals surface area contributed by atoms with E-state index in [9.17, 15) is 14.9 Å². The molecular formula is C12H11ClN2O3. The van der Waals surface area contributed by atoms with Gasteiger partial charge in [-0.3, -0.25) is 14.9 Å². The molecule has 0 fully saturated rings. The number of nitro benzene ring substituents is 1. The molecule has 0 aliphatic heterocycles. The molecule has 0 bridgehead atoms. The molecule has 1 aliphatic carbocycles. The third-order valence-electron chi connectivity index (χ3n) is 2.75. The number of hydrogen-bond acceptors (Lipinski definition) is 3. The van der Waals surface area contributed by atoms with Gasteiger partial charge in [-0.15, -0.1) is 0 Å². The Labute approximate surface area is 109 Å². The average Bonchev–Trinajstić information content (AvgIpc) is 2.81. The van der Waals surface area contributed by atoms with E-state index in [1.54, 1.807) is 0 Å². The van der Waals surface area contributed by atoms with Crippen LogP contribution < -0.4 is 5.32 Å². The predicted octanol–water partition coefficient (Wildman–Crippen LogP) is 2.70. The highest BCUT2D eigenvalue weighted by Crippen LogP contribution is 2.25. The lowest BCUT2D eigenvalue weighted by Crippen LogP contribution is -2.32. The van der Waals surface area contributed by atoms with Crippen molar-refractivity contribution in [3.8, 4) is 0 Å². The zero-order chi connectivity index (χ0) is 13.1. The van der Waals surface area contributed by atoms with Crippen LogP contribution in [-0.4, -0.2) is 16.9 Å². The fourth-order valence-corrected chi connectivity index (χ4v) is 1.98. The molecule has 5 nitrogen and oxygen atoms in total. The Bertz CT molecular complexity index is 520. The van der Waals surface area contributed by atoms with Gasteiger partial charge in [0.15, 0.2) is 0 Å². The molecule has 6 heteroatoms. The number of amides is 1. The van der Waals surface area contributed by atoms with E-state index in [2.05, 4.69) is 5.32 Å². The summed E-state index contributed by atoms with van der Waals surface area (Å²) in [6, 6.07) is 4.11.